The van der Waals surface area contributed by atoms with Crippen LogP contribution in [0, 0.1) is 13.8 Å². The number of hydrogen-bond donors (Lipinski definition) is 2. The SMILES string of the molecule is Cc1ccc(NC(C)c2ccc(N3CCC(O)CC3)cc2)c(C)c1. The highest BCUT2D eigenvalue weighted by atomic mass is 16.3. The lowest BCUT2D eigenvalue weighted by Gasteiger charge is -2.31. The van der Waals surface area contributed by atoms with Crippen molar-refractivity contribution in [3.63, 3.8) is 0 Å². The number of nitrogens with zero attached hydrogens (tertiary/aromatic N) is 1. The Balaban J connectivity index is 1.66. The fraction of sp³-hybridized carbons (Fsp3) is 0.429. The van der Waals surface area contributed by atoms with Crippen molar-refractivity contribution in [2.75, 3.05) is 23.3 Å². The Bertz CT molecular complexity index is 673. The molecule has 3 nitrogen and oxygen atoms in total. The standard InChI is InChI=1S/C21H28N2O/c1-15-4-9-21(16(2)14-15)22-17(3)18-5-7-19(8-6-18)23-12-10-20(24)11-13-23/h4-9,14,17,20,22,24H,10-13H2,1-3H3. The van der Waals surface area contributed by atoms with Crippen molar-refractivity contribution in [3.8, 4) is 0 Å². The van der Waals surface area contributed by atoms with Gasteiger partial charge in [0, 0.05) is 30.5 Å². The van der Waals surface area contributed by atoms with Gasteiger partial charge in [-0.15, -0.1) is 0 Å². The van der Waals surface area contributed by atoms with E-state index in [1.165, 1.54) is 28.1 Å². The fourth-order valence-electron chi connectivity index (χ4n) is 3.39. The van der Waals surface area contributed by atoms with Gasteiger partial charge in [-0.05, 0) is 62.9 Å². The van der Waals surface area contributed by atoms with E-state index in [1.54, 1.807) is 0 Å². The quantitative estimate of drug-likeness (QED) is 0.873. The lowest BCUT2D eigenvalue weighted by Crippen LogP contribution is -2.35. The van der Waals surface area contributed by atoms with Gasteiger partial charge in [0.1, 0.15) is 0 Å². The molecule has 0 bridgehead atoms. The Morgan fingerprint density at radius 3 is 2.33 bits per heavy atom. The third-order valence-corrected chi connectivity index (χ3v) is 4.98. The molecule has 1 heterocycles. The van der Waals surface area contributed by atoms with Crippen molar-refractivity contribution in [3.05, 3.63) is 59.2 Å². The van der Waals surface area contributed by atoms with Gasteiger partial charge in [-0.1, -0.05) is 29.8 Å². The second kappa shape index (κ2) is 7.27. The van der Waals surface area contributed by atoms with E-state index in [4.69, 9.17) is 0 Å². The van der Waals surface area contributed by atoms with Crippen LogP contribution in [-0.4, -0.2) is 24.3 Å². The molecule has 1 fully saturated rings. The van der Waals surface area contributed by atoms with Crippen molar-refractivity contribution in [2.24, 2.45) is 0 Å². The molecule has 24 heavy (non-hydrogen) atoms. The molecule has 0 aromatic heterocycles. The smallest absolute Gasteiger partial charge is 0.0574 e. The molecule has 0 aliphatic carbocycles. The maximum absolute atomic E-state index is 9.64. The Morgan fingerprint density at radius 2 is 1.71 bits per heavy atom. The third-order valence-electron chi connectivity index (χ3n) is 4.98. The lowest BCUT2D eigenvalue weighted by atomic mass is 10.0. The number of aliphatic hydroxyl groups excluding tert-OH is 1. The number of hydrogen-bond acceptors (Lipinski definition) is 3. The summed E-state index contributed by atoms with van der Waals surface area (Å²) in [6.45, 7) is 8.35. The van der Waals surface area contributed by atoms with Crippen LogP contribution in [0.5, 0.6) is 0 Å². The van der Waals surface area contributed by atoms with Crippen molar-refractivity contribution in [1.29, 1.82) is 0 Å². The first-order chi connectivity index (χ1) is 11.5. The highest BCUT2D eigenvalue weighted by Crippen LogP contribution is 2.26. The van der Waals surface area contributed by atoms with E-state index in [1.807, 2.05) is 0 Å². The first-order valence-corrected chi connectivity index (χ1v) is 8.89. The first-order valence-electron chi connectivity index (χ1n) is 8.89. The van der Waals surface area contributed by atoms with E-state index in [2.05, 4.69) is 73.5 Å². The van der Waals surface area contributed by atoms with Crippen molar-refractivity contribution < 1.29 is 5.11 Å². The molecule has 0 saturated carbocycles. The van der Waals surface area contributed by atoms with Gasteiger partial charge in [0.2, 0.25) is 0 Å². The van der Waals surface area contributed by atoms with Crippen LogP contribution in [0.3, 0.4) is 0 Å². The molecule has 2 aromatic carbocycles. The van der Waals surface area contributed by atoms with Gasteiger partial charge in [0.05, 0.1) is 6.10 Å². The molecule has 128 valence electrons. The lowest BCUT2D eigenvalue weighted by molar-refractivity contribution is 0.145. The van der Waals surface area contributed by atoms with Gasteiger partial charge < -0.3 is 15.3 Å². The maximum Gasteiger partial charge on any atom is 0.0574 e. The maximum atomic E-state index is 9.64. The Labute approximate surface area is 145 Å². The molecule has 1 aliphatic rings. The zero-order valence-electron chi connectivity index (χ0n) is 14.9. The van der Waals surface area contributed by atoms with Gasteiger partial charge in [-0.2, -0.15) is 0 Å². The van der Waals surface area contributed by atoms with Crippen molar-refractivity contribution >= 4 is 11.4 Å². The number of aliphatic hydroxyl groups is 1. The molecular weight excluding hydrogens is 296 g/mol. The van der Waals surface area contributed by atoms with Gasteiger partial charge in [-0.25, -0.2) is 0 Å². The number of anilines is 2. The molecule has 1 aliphatic heterocycles. The van der Waals surface area contributed by atoms with Crippen LogP contribution in [0.2, 0.25) is 0 Å². The summed E-state index contributed by atoms with van der Waals surface area (Å²) in [7, 11) is 0. The highest BCUT2D eigenvalue weighted by molar-refractivity contribution is 5.54. The summed E-state index contributed by atoms with van der Waals surface area (Å²) >= 11 is 0. The van der Waals surface area contributed by atoms with Crippen LogP contribution in [0.25, 0.3) is 0 Å². The Kier molecular flexibility index (Phi) is 5.10. The third kappa shape index (κ3) is 3.90. The van der Waals surface area contributed by atoms with Gasteiger partial charge >= 0.3 is 0 Å². The number of rotatable bonds is 4. The minimum Gasteiger partial charge on any atom is -0.393 e. The molecular formula is C21H28N2O. The van der Waals surface area contributed by atoms with Crippen molar-refractivity contribution in [1.82, 2.24) is 0 Å². The summed E-state index contributed by atoms with van der Waals surface area (Å²) in [5.41, 5.74) is 6.31. The zero-order valence-corrected chi connectivity index (χ0v) is 14.9. The van der Waals surface area contributed by atoms with Gasteiger partial charge in [0.15, 0.2) is 0 Å². The normalized spacial score (nSPS) is 16.9. The van der Waals surface area contributed by atoms with Crippen LogP contribution < -0.4 is 10.2 Å². The number of aryl methyl sites for hydroxylation is 2. The Morgan fingerprint density at radius 1 is 1.04 bits per heavy atom. The molecule has 0 radical (unpaired) electrons. The van der Waals surface area contributed by atoms with E-state index >= 15 is 0 Å². The first kappa shape index (κ1) is 16.8. The van der Waals surface area contributed by atoms with E-state index in [0.717, 1.165) is 25.9 Å². The van der Waals surface area contributed by atoms with Crippen molar-refractivity contribution in [2.45, 2.75) is 45.8 Å². The van der Waals surface area contributed by atoms with Crippen LogP contribution >= 0.6 is 0 Å². The Hall–Kier alpha value is -2.00. The molecule has 0 amide bonds. The van der Waals surface area contributed by atoms with Gasteiger partial charge in [-0.3, -0.25) is 0 Å². The number of benzene rings is 2. The second-order valence-electron chi connectivity index (χ2n) is 6.99. The minimum atomic E-state index is -0.123. The summed E-state index contributed by atoms with van der Waals surface area (Å²) in [6.07, 6.45) is 1.61. The zero-order chi connectivity index (χ0) is 17.1. The van der Waals surface area contributed by atoms with E-state index in [9.17, 15) is 5.11 Å². The van der Waals surface area contributed by atoms with Crippen LogP contribution in [0.1, 0.15) is 42.5 Å². The van der Waals surface area contributed by atoms with Crippen LogP contribution in [0.4, 0.5) is 11.4 Å². The molecule has 3 heteroatoms. The summed E-state index contributed by atoms with van der Waals surface area (Å²) in [6, 6.07) is 15.6. The monoisotopic (exact) mass is 324 g/mol. The average Bonchev–Trinajstić information content (AvgIpc) is 2.58. The molecule has 1 atom stereocenters. The summed E-state index contributed by atoms with van der Waals surface area (Å²) in [5, 5.41) is 13.2. The van der Waals surface area contributed by atoms with Gasteiger partial charge in [0.25, 0.3) is 0 Å². The predicted octanol–water partition coefficient (Wildman–Crippen LogP) is 4.44. The van der Waals surface area contributed by atoms with Crippen LogP contribution in [-0.2, 0) is 0 Å². The highest BCUT2D eigenvalue weighted by Gasteiger charge is 2.17. The molecule has 2 aromatic rings. The van der Waals surface area contributed by atoms with E-state index in [0.29, 0.717) is 0 Å². The molecule has 1 unspecified atom stereocenters. The average molecular weight is 324 g/mol. The number of nitrogens with one attached hydrogen (secondary N) is 1. The molecule has 2 N–H and O–H groups in total. The van der Waals surface area contributed by atoms with E-state index in [-0.39, 0.29) is 12.1 Å². The topological polar surface area (TPSA) is 35.5 Å². The fourth-order valence-corrected chi connectivity index (χ4v) is 3.39. The molecule has 1 saturated heterocycles. The largest absolute Gasteiger partial charge is 0.393 e. The summed E-state index contributed by atoms with van der Waals surface area (Å²) in [4.78, 5) is 2.36. The van der Waals surface area contributed by atoms with Crippen LogP contribution in [0.15, 0.2) is 42.5 Å². The minimum absolute atomic E-state index is 0.123. The number of piperidine rings is 1. The summed E-state index contributed by atoms with van der Waals surface area (Å²) < 4.78 is 0. The second-order valence-corrected chi connectivity index (χ2v) is 6.99. The predicted molar refractivity (Wildman–Crippen MR) is 102 cm³/mol. The molecule has 3 rings (SSSR count). The van der Waals surface area contributed by atoms with E-state index < -0.39 is 0 Å². The summed E-state index contributed by atoms with van der Waals surface area (Å²) in [5.74, 6) is 0. The molecule has 0 spiro atoms.